The monoisotopic (exact) mass is 424 g/mol. The molecule has 156 valence electrons. The third-order valence-corrected chi connectivity index (χ3v) is 6.68. The Hall–Kier alpha value is -2.29. The van der Waals surface area contributed by atoms with Crippen molar-refractivity contribution < 1.29 is 18.0 Å². The van der Waals surface area contributed by atoms with Gasteiger partial charge in [0.05, 0.1) is 11.3 Å². The lowest BCUT2D eigenvalue weighted by atomic mass is 10.1. The van der Waals surface area contributed by atoms with Crippen molar-refractivity contribution in [3.05, 3.63) is 40.4 Å². The standard InChI is InChI=1S/C20H23F3N4OS/c1-14-17(29-19(24-14)27-8-4-5-9-27)18(28)26-12-10-25(11-13-26)16-7-3-2-6-15(16)20(21,22)23/h2-3,6-7H,4-5,8-13H2,1H3. The van der Waals surface area contributed by atoms with Crippen LogP contribution in [0.15, 0.2) is 24.3 Å². The number of aromatic nitrogens is 1. The average molecular weight is 424 g/mol. The van der Waals surface area contributed by atoms with Gasteiger partial charge in [0, 0.05) is 45.0 Å². The molecule has 0 unspecified atom stereocenters. The summed E-state index contributed by atoms with van der Waals surface area (Å²) in [7, 11) is 0. The lowest BCUT2D eigenvalue weighted by Crippen LogP contribution is -2.49. The number of halogens is 3. The van der Waals surface area contributed by atoms with Gasteiger partial charge in [-0.05, 0) is 31.9 Å². The lowest BCUT2D eigenvalue weighted by Gasteiger charge is -2.37. The molecule has 29 heavy (non-hydrogen) atoms. The summed E-state index contributed by atoms with van der Waals surface area (Å²) in [5.41, 5.74) is 0.275. The van der Waals surface area contributed by atoms with Crippen LogP contribution in [-0.4, -0.2) is 55.1 Å². The maximum absolute atomic E-state index is 13.3. The van der Waals surface area contributed by atoms with Crippen LogP contribution in [-0.2, 0) is 6.18 Å². The summed E-state index contributed by atoms with van der Waals surface area (Å²) in [6.07, 6.45) is -2.11. The molecule has 1 aromatic heterocycles. The molecule has 2 aromatic rings. The van der Waals surface area contributed by atoms with E-state index in [0.29, 0.717) is 31.1 Å². The van der Waals surface area contributed by atoms with Gasteiger partial charge >= 0.3 is 6.18 Å². The van der Waals surface area contributed by atoms with Gasteiger partial charge in [-0.2, -0.15) is 13.2 Å². The summed E-state index contributed by atoms with van der Waals surface area (Å²) in [5, 5.41) is 0.890. The van der Waals surface area contributed by atoms with Crippen molar-refractivity contribution in [3.8, 4) is 0 Å². The molecule has 3 heterocycles. The van der Waals surface area contributed by atoms with Crippen molar-refractivity contribution in [2.24, 2.45) is 0 Å². The molecule has 2 fully saturated rings. The molecule has 0 N–H and O–H groups in total. The molecule has 5 nitrogen and oxygen atoms in total. The average Bonchev–Trinajstić information content (AvgIpc) is 3.37. The highest BCUT2D eigenvalue weighted by molar-refractivity contribution is 7.17. The minimum atomic E-state index is -4.39. The summed E-state index contributed by atoms with van der Waals surface area (Å²) in [4.78, 5) is 23.8. The number of nitrogens with zero attached hydrogens (tertiary/aromatic N) is 4. The molecular weight excluding hydrogens is 401 g/mol. The number of para-hydroxylation sites is 1. The van der Waals surface area contributed by atoms with E-state index in [2.05, 4.69) is 9.88 Å². The van der Waals surface area contributed by atoms with Crippen LogP contribution in [0.3, 0.4) is 0 Å². The fraction of sp³-hybridized carbons (Fsp3) is 0.500. The van der Waals surface area contributed by atoms with Gasteiger partial charge in [-0.3, -0.25) is 4.79 Å². The second-order valence-corrected chi connectivity index (χ2v) is 8.38. The van der Waals surface area contributed by atoms with Crippen LogP contribution in [0.25, 0.3) is 0 Å². The van der Waals surface area contributed by atoms with E-state index in [1.807, 2.05) is 6.92 Å². The third kappa shape index (κ3) is 4.05. The predicted octanol–water partition coefficient (Wildman–Crippen LogP) is 4.03. The van der Waals surface area contributed by atoms with Crippen LogP contribution in [0.4, 0.5) is 24.0 Å². The van der Waals surface area contributed by atoms with E-state index in [-0.39, 0.29) is 11.6 Å². The first-order chi connectivity index (χ1) is 13.8. The van der Waals surface area contributed by atoms with Gasteiger partial charge in [0.15, 0.2) is 5.13 Å². The van der Waals surface area contributed by atoms with E-state index in [1.165, 1.54) is 23.5 Å². The Morgan fingerprint density at radius 3 is 2.31 bits per heavy atom. The minimum Gasteiger partial charge on any atom is -0.367 e. The first-order valence-electron chi connectivity index (χ1n) is 9.77. The zero-order valence-corrected chi connectivity index (χ0v) is 17.0. The summed E-state index contributed by atoms with van der Waals surface area (Å²) < 4.78 is 39.9. The lowest BCUT2D eigenvalue weighted by molar-refractivity contribution is -0.137. The van der Waals surface area contributed by atoms with Gasteiger partial charge in [0.25, 0.3) is 5.91 Å². The van der Waals surface area contributed by atoms with Crippen molar-refractivity contribution in [1.82, 2.24) is 9.88 Å². The largest absolute Gasteiger partial charge is 0.418 e. The molecule has 0 aliphatic carbocycles. The number of alkyl halides is 3. The SMILES string of the molecule is Cc1nc(N2CCCC2)sc1C(=O)N1CCN(c2ccccc2C(F)(F)F)CC1. The number of carbonyl (C=O) groups is 1. The summed E-state index contributed by atoms with van der Waals surface area (Å²) >= 11 is 1.42. The fourth-order valence-corrected chi connectivity index (χ4v) is 4.99. The van der Waals surface area contributed by atoms with Gasteiger partial charge in [0.1, 0.15) is 4.88 Å². The van der Waals surface area contributed by atoms with Crippen LogP contribution in [0.1, 0.15) is 33.8 Å². The number of hydrogen-bond donors (Lipinski definition) is 0. The van der Waals surface area contributed by atoms with E-state index in [0.717, 1.165) is 42.8 Å². The molecule has 1 aromatic carbocycles. The molecule has 0 bridgehead atoms. The number of rotatable bonds is 3. The number of aryl methyl sites for hydroxylation is 1. The van der Waals surface area contributed by atoms with Crippen LogP contribution in [0.5, 0.6) is 0 Å². The van der Waals surface area contributed by atoms with Crippen LogP contribution in [0, 0.1) is 6.92 Å². The smallest absolute Gasteiger partial charge is 0.367 e. The number of benzene rings is 1. The van der Waals surface area contributed by atoms with Crippen molar-refractivity contribution in [2.75, 3.05) is 49.1 Å². The Morgan fingerprint density at radius 1 is 1.00 bits per heavy atom. The molecule has 4 rings (SSSR count). The molecule has 2 saturated heterocycles. The zero-order chi connectivity index (χ0) is 20.6. The molecule has 0 spiro atoms. The van der Waals surface area contributed by atoms with E-state index in [9.17, 15) is 18.0 Å². The van der Waals surface area contributed by atoms with Gasteiger partial charge in [-0.1, -0.05) is 23.5 Å². The predicted molar refractivity (Wildman–Crippen MR) is 108 cm³/mol. The molecule has 9 heteroatoms. The Balaban J connectivity index is 1.45. The van der Waals surface area contributed by atoms with Gasteiger partial charge in [-0.15, -0.1) is 0 Å². The van der Waals surface area contributed by atoms with Crippen LogP contribution < -0.4 is 9.80 Å². The molecular formula is C20H23F3N4OS. The molecule has 2 aliphatic rings. The van der Waals surface area contributed by atoms with Gasteiger partial charge in [0.2, 0.25) is 0 Å². The van der Waals surface area contributed by atoms with Crippen LogP contribution in [0.2, 0.25) is 0 Å². The summed E-state index contributed by atoms with van der Waals surface area (Å²) in [6.45, 7) is 5.31. The highest BCUT2D eigenvalue weighted by atomic mass is 32.1. The highest BCUT2D eigenvalue weighted by Gasteiger charge is 2.35. The first-order valence-corrected chi connectivity index (χ1v) is 10.6. The van der Waals surface area contributed by atoms with Crippen molar-refractivity contribution >= 4 is 28.1 Å². The number of anilines is 2. The van der Waals surface area contributed by atoms with E-state index < -0.39 is 11.7 Å². The van der Waals surface area contributed by atoms with Gasteiger partial charge < -0.3 is 14.7 Å². The summed E-state index contributed by atoms with van der Waals surface area (Å²) in [5.74, 6) is -0.0748. The van der Waals surface area contributed by atoms with Crippen molar-refractivity contribution in [3.63, 3.8) is 0 Å². The Bertz CT molecular complexity index is 884. The number of amides is 1. The molecule has 0 saturated carbocycles. The number of carbonyl (C=O) groups excluding carboxylic acids is 1. The van der Waals surface area contributed by atoms with Gasteiger partial charge in [-0.25, -0.2) is 4.98 Å². The minimum absolute atomic E-state index is 0.0748. The molecule has 0 radical (unpaired) electrons. The van der Waals surface area contributed by atoms with E-state index in [1.54, 1.807) is 15.9 Å². The van der Waals surface area contributed by atoms with E-state index >= 15 is 0 Å². The highest BCUT2D eigenvalue weighted by Crippen LogP contribution is 2.37. The molecule has 1 amide bonds. The summed E-state index contributed by atoms with van der Waals surface area (Å²) in [6, 6.07) is 5.61. The third-order valence-electron chi connectivity index (χ3n) is 5.47. The second-order valence-electron chi connectivity index (χ2n) is 7.40. The number of hydrogen-bond acceptors (Lipinski definition) is 5. The topological polar surface area (TPSA) is 39.7 Å². The second kappa shape index (κ2) is 7.85. The molecule has 0 atom stereocenters. The van der Waals surface area contributed by atoms with E-state index in [4.69, 9.17) is 0 Å². The van der Waals surface area contributed by atoms with Crippen molar-refractivity contribution in [1.29, 1.82) is 0 Å². The Kier molecular flexibility index (Phi) is 5.42. The maximum Gasteiger partial charge on any atom is 0.418 e. The Labute approximate surface area is 171 Å². The fourth-order valence-electron chi connectivity index (χ4n) is 3.91. The van der Waals surface area contributed by atoms with Crippen molar-refractivity contribution in [2.45, 2.75) is 25.9 Å². The normalized spacial score (nSPS) is 17.9. The van der Waals surface area contributed by atoms with Crippen LogP contribution >= 0.6 is 11.3 Å². The first kappa shape index (κ1) is 20.0. The number of thiazole rings is 1. The Morgan fingerprint density at radius 2 is 1.66 bits per heavy atom. The quantitative estimate of drug-likeness (QED) is 0.746. The number of piperazine rings is 1. The molecule has 2 aliphatic heterocycles. The maximum atomic E-state index is 13.3. The zero-order valence-electron chi connectivity index (χ0n) is 16.2.